The molecule has 0 aliphatic carbocycles. The van der Waals surface area contributed by atoms with Crippen LogP contribution in [0.2, 0.25) is 0 Å². The number of ether oxygens (including phenoxy) is 1. The van der Waals surface area contributed by atoms with E-state index < -0.39 is 0 Å². The van der Waals surface area contributed by atoms with Gasteiger partial charge >= 0.3 is 6.03 Å². The third-order valence-electron chi connectivity index (χ3n) is 6.11. The lowest BCUT2D eigenvalue weighted by Gasteiger charge is -2.31. The first kappa shape index (κ1) is 24.8. The van der Waals surface area contributed by atoms with Gasteiger partial charge in [-0.3, -0.25) is 9.69 Å². The van der Waals surface area contributed by atoms with Gasteiger partial charge in [0.15, 0.2) is 0 Å². The number of thiophene rings is 2. The zero-order chi connectivity index (χ0) is 23.9. The van der Waals surface area contributed by atoms with E-state index in [1.807, 2.05) is 24.4 Å². The van der Waals surface area contributed by atoms with Gasteiger partial charge in [0.25, 0.3) is 5.91 Å². The highest BCUT2D eigenvalue weighted by Gasteiger charge is 2.36. The van der Waals surface area contributed by atoms with Gasteiger partial charge in [-0.05, 0) is 41.8 Å². The van der Waals surface area contributed by atoms with Crippen LogP contribution < -0.4 is 5.32 Å². The average Bonchev–Trinajstić information content (AvgIpc) is 3.61. The fourth-order valence-corrected chi connectivity index (χ4v) is 5.91. The molecule has 0 saturated carbocycles. The summed E-state index contributed by atoms with van der Waals surface area (Å²) in [5.74, 6) is -0.155. The summed E-state index contributed by atoms with van der Waals surface area (Å²) in [7, 11) is 0. The van der Waals surface area contributed by atoms with Gasteiger partial charge < -0.3 is 15.0 Å². The standard InChI is InChI=1S/C24H33N5O3S2/c1-3-7-25-24(31)28(9-8-27-10-12-32-13-11-27)17-22(30)29-20(23-18(2)6-15-34-23)16-19(26-29)21-5-4-14-33-21/h4-6,14-15,20H,3,7-13,16-17H2,1-2H3,(H,25,31)/t20-/m1/s1. The highest BCUT2D eigenvalue weighted by Crippen LogP contribution is 2.37. The van der Waals surface area contributed by atoms with Crippen molar-refractivity contribution in [3.63, 3.8) is 0 Å². The molecule has 2 aromatic rings. The molecule has 0 unspecified atom stereocenters. The fourth-order valence-electron chi connectivity index (χ4n) is 4.18. The smallest absolute Gasteiger partial charge is 0.317 e. The van der Waals surface area contributed by atoms with Crippen molar-refractivity contribution in [3.8, 4) is 0 Å². The largest absolute Gasteiger partial charge is 0.379 e. The van der Waals surface area contributed by atoms with Crippen LogP contribution in [0.5, 0.6) is 0 Å². The maximum absolute atomic E-state index is 13.6. The van der Waals surface area contributed by atoms with Crippen LogP contribution in [-0.2, 0) is 9.53 Å². The number of nitrogens with zero attached hydrogens (tertiary/aromatic N) is 4. The molecule has 2 aliphatic heterocycles. The second-order valence-electron chi connectivity index (χ2n) is 8.56. The molecule has 10 heteroatoms. The molecule has 1 fully saturated rings. The molecule has 0 bridgehead atoms. The Morgan fingerprint density at radius 1 is 1.24 bits per heavy atom. The number of nitrogens with one attached hydrogen (secondary N) is 1. The highest BCUT2D eigenvalue weighted by molar-refractivity contribution is 7.12. The van der Waals surface area contributed by atoms with Gasteiger partial charge in [0.2, 0.25) is 0 Å². The second kappa shape index (κ2) is 11.9. The Hall–Kier alpha value is -2.27. The number of carbonyl (C=O) groups is 2. The summed E-state index contributed by atoms with van der Waals surface area (Å²) in [6, 6.07) is 5.80. The predicted octanol–water partition coefficient (Wildman–Crippen LogP) is 3.55. The molecule has 1 atom stereocenters. The number of aryl methyl sites for hydroxylation is 1. The zero-order valence-corrected chi connectivity index (χ0v) is 21.5. The van der Waals surface area contributed by atoms with E-state index in [0.717, 1.165) is 35.0 Å². The Kier molecular flexibility index (Phi) is 8.71. The third kappa shape index (κ3) is 6.04. The summed E-state index contributed by atoms with van der Waals surface area (Å²) in [5, 5.41) is 13.4. The molecule has 34 heavy (non-hydrogen) atoms. The summed E-state index contributed by atoms with van der Waals surface area (Å²) in [6.45, 7) is 8.98. The van der Waals surface area contributed by atoms with Gasteiger partial charge in [-0.1, -0.05) is 13.0 Å². The van der Waals surface area contributed by atoms with Gasteiger partial charge in [0.05, 0.1) is 29.8 Å². The summed E-state index contributed by atoms with van der Waals surface area (Å²) in [5.41, 5.74) is 2.09. The lowest BCUT2D eigenvalue weighted by molar-refractivity contribution is -0.133. The quantitative estimate of drug-likeness (QED) is 0.568. The third-order valence-corrected chi connectivity index (χ3v) is 8.14. The normalized spacial score (nSPS) is 18.7. The van der Waals surface area contributed by atoms with Crippen molar-refractivity contribution in [2.75, 3.05) is 52.5 Å². The first-order chi connectivity index (χ1) is 16.6. The van der Waals surface area contributed by atoms with Crippen LogP contribution in [0.1, 0.15) is 41.1 Å². The van der Waals surface area contributed by atoms with E-state index in [-0.39, 0.29) is 24.5 Å². The van der Waals surface area contributed by atoms with Crippen LogP contribution in [0, 0.1) is 6.92 Å². The van der Waals surface area contributed by atoms with E-state index in [9.17, 15) is 9.59 Å². The molecule has 3 amide bonds. The topological polar surface area (TPSA) is 77.5 Å². The average molecular weight is 504 g/mol. The van der Waals surface area contributed by atoms with E-state index in [1.165, 1.54) is 5.56 Å². The van der Waals surface area contributed by atoms with Crippen LogP contribution in [0.4, 0.5) is 4.79 Å². The van der Waals surface area contributed by atoms with Crippen LogP contribution in [0.15, 0.2) is 34.1 Å². The molecular weight excluding hydrogens is 470 g/mol. The lowest BCUT2D eigenvalue weighted by Crippen LogP contribution is -2.49. The maximum atomic E-state index is 13.6. The van der Waals surface area contributed by atoms with Crippen LogP contribution in [0.25, 0.3) is 0 Å². The van der Waals surface area contributed by atoms with Crippen molar-refractivity contribution in [2.24, 2.45) is 5.10 Å². The minimum absolute atomic E-state index is 0.00201. The molecule has 2 aromatic heterocycles. The lowest BCUT2D eigenvalue weighted by atomic mass is 10.1. The Bertz CT molecular complexity index is 985. The van der Waals surface area contributed by atoms with E-state index in [1.54, 1.807) is 32.6 Å². The minimum atomic E-state index is -0.200. The number of hydrogen-bond acceptors (Lipinski definition) is 7. The first-order valence-corrected chi connectivity index (χ1v) is 13.6. The van der Waals surface area contributed by atoms with Crippen LogP contribution >= 0.6 is 22.7 Å². The molecule has 0 aromatic carbocycles. The minimum Gasteiger partial charge on any atom is -0.379 e. The first-order valence-electron chi connectivity index (χ1n) is 11.9. The number of amides is 3. The molecule has 0 radical (unpaired) electrons. The molecule has 4 heterocycles. The predicted molar refractivity (Wildman–Crippen MR) is 137 cm³/mol. The Labute approximate surface area is 209 Å². The summed E-state index contributed by atoms with van der Waals surface area (Å²) in [4.78, 5) is 32.6. The van der Waals surface area contributed by atoms with Gasteiger partial charge in [-0.15, -0.1) is 22.7 Å². The summed E-state index contributed by atoms with van der Waals surface area (Å²) in [6.07, 6.45) is 1.53. The molecule has 1 saturated heterocycles. The highest BCUT2D eigenvalue weighted by atomic mass is 32.1. The number of hydrazone groups is 1. The van der Waals surface area contributed by atoms with E-state index in [0.29, 0.717) is 39.3 Å². The number of rotatable bonds is 9. The molecule has 184 valence electrons. The second-order valence-corrected chi connectivity index (χ2v) is 10.5. The molecule has 0 spiro atoms. The van der Waals surface area contributed by atoms with E-state index in [2.05, 4.69) is 28.6 Å². The Morgan fingerprint density at radius 2 is 2.06 bits per heavy atom. The van der Waals surface area contributed by atoms with Crippen molar-refractivity contribution in [2.45, 2.75) is 32.7 Å². The van der Waals surface area contributed by atoms with Crippen LogP contribution in [-0.4, -0.2) is 84.9 Å². The van der Waals surface area contributed by atoms with Gasteiger partial charge in [-0.2, -0.15) is 5.10 Å². The molecule has 2 aliphatic rings. The monoisotopic (exact) mass is 503 g/mol. The Balaban J connectivity index is 1.50. The van der Waals surface area contributed by atoms with Crippen molar-refractivity contribution in [3.05, 3.63) is 44.3 Å². The van der Waals surface area contributed by atoms with E-state index >= 15 is 0 Å². The van der Waals surface area contributed by atoms with Crippen LogP contribution in [0.3, 0.4) is 0 Å². The number of hydrogen-bond donors (Lipinski definition) is 1. The summed E-state index contributed by atoms with van der Waals surface area (Å²) < 4.78 is 5.43. The van der Waals surface area contributed by atoms with Crippen molar-refractivity contribution in [1.82, 2.24) is 20.1 Å². The fraction of sp³-hybridized carbons (Fsp3) is 0.542. The zero-order valence-electron chi connectivity index (χ0n) is 19.9. The van der Waals surface area contributed by atoms with Gasteiger partial charge in [0, 0.05) is 44.0 Å². The molecule has 4 rings (SSSR count). The number of carbonyl (C=O) groups excluding carboxylic acids is 2. The van der Waals surface area contributed by atoms with Gasteiger partial charge in [0.1, 0.15) is 6.54 Å². The molecular formula is C24H33N5O3S2. The van der Waals surface area contributed by atoms with E-state index in [4.69, 9.17) is 9.84 Å². The number of urea groups is 1. The number of morpholine rings is 1. The van der Waals surface area contributed by atoms with Crippen molar-refractivity contribution in [1.29, 1.82) is 0 Å². The molecule has 1 N–H and O–H groups in total. The maximum Gasteiger partial charge on any atom is 0.317 e. The van der Waals surface area contributed by atoms with Gasteiger partial charge in [-0.25, -0.2) is 9.80 Å². The van der Waals surface area contributed by atoms with Crippen molar-refractivity contribution >= 4 is 40.3 Å². The Morgan fingerprint density at radius 3 is 2.74 bits per heavy atom. The SMILES string of the molecule is CCCNC(=O)N(CCN1CCOCC1)CC(=O)N1N=C(c2cccs2)C[C@@H]1c1sccc1C. The van der Waals surface area contributed by atoms with Crippen molar-refractivity contribution < 1.29 is 14.3 Å². The molecule has 8 nitrogen and oxygen atoms in total. The summed E-state index contributed by atoms with van der Waals surface area (Å²) >= 11 is 3.29.